The van der Waals surface area contributed by atoms with Crippen LogP contribution in [-0.2, 0) is 32.6 Å². The molecule has 1 aliphatic heterocycles. The first kappa shape index (κ1) is 29.3. The maximum absolute atomic E-state index is 13.8. The molecule has 8 nitrogen and oxygen atoms in total. The molecule has 3 aromatic rings. The number of benzene rings is 3. The molecule has 210 valence electrons. The van der Waals surface area contributed by atoms with E-state index >= 15 is 0 Å². The number of carbonyl (C=O) groups excluding carboxylic acids is 3. The Balaban J connectivity index is 1.64. The molecule has 1 N–H and O–H groups in total. The highest BCUT2D eigenvalue weighted by Gasteiger charge is 2.41. The third-order valence-electron chi connectivity index (χ3n) is 6.98. The molecular weight excluding hydrogens is 550 g/mol. The van der Waals surface area contributed by atoms with Crippen LogP contribution in [0, 0.1) is 0 Å². The van der Waals surface area contributed by atoms with Gasteiger partial charge in [0.25, 0.3) is 15.9 Å². The Labute approximate surface area is 240 Å². The summed E-state index contributed by atoms with van der Waals surface area (Å²) < 4.78 is 26.8. The van der Waals surface area contributed by atoms with Crippen LogP contribution in [0.3, 0.4) is 0 Å². The van der Waals surface area contributed by atoms with Crippen LogP contribution in [0.2, 0.25) is 5.02 Å². The molecule has 10 heteroatoms. The van der Waals surface area contributed by atoms with Crippen LogP contribution in [0.25, 0.3) is 0 Å². The Morgan fingerprint density at radius 3 is 2.25 bits per heavy atom. The minimum absolute atomic E-state index is 0.0691. The van der Waals surface area contributed by atoms with Crippen LogP contribution in [0.5, 0.6) is 0 Å². The summed E-state index contributed by atoms with van der Waals surface area (Å²) in [7, 11) is -4.07. The zero-order chi connectivity index (χ0) is 28.9. The first-order valence-electron chi connectivity index (χ1n) is 13.2. The molecule has 0 saturated carbocycles. The predicted octanol–water partition coefficient (Wildman–Crippen LogP) is 4.43. The summed E-state index contributed by atoms with van der Waals surface area (Å²) in [5, 5.41) is 3.53. The fourth-order valence-corrected chi connectivity index (χ4v) is 6.27. The fraction of sp³-hybridized carbons (Fsp3) is 0.300. The number of rotatable bonds is 11. The number of halogens is 1. The molecule has 3 amide bonds. The van der Waals surface area contributed by atoms with Crippen molar-refractivity contribution >= 4 is 39.3 Å². The number of carbonyl (C=O) groups is 3. The van der Waals surface area contributed by atoms with Crippen molar-refractivity contribution in [2.75, 3.05) is 6.54 Å². The van der Waals surface area contributed by atoms with E-state index in [-0.39, 0.29) is 48.3 Å². The molecular formula is C30H32ClN3O5S. The maximum Gasteiger partial charge on any atom is 0.269 e. The smallest absolute Gasteiger partial charge is 0.269 e. The van der Waals surface area contributed by atoms with Crippen molar-refractivity contribution in [3.8, 4) is 0 Å². The number of fused-ring (bicyclic) bond motifs is 1. The van der Waals surface area contributed by atoms with Gasteiger partial charge in [0.15, 0.2) is 0 Å². The van der Waals surface area contributed by atoms with Gasteiger partial charge in [0.2, 0.25) is 11.8 Å². The SMILES string of the molecule is CC[C@@H](C)NC(=O)[C@@H](Cc1ccccc1)N(Cc1ccc(Cl)cc1)C(=O)CCN1C(=O)c2ccccc2S1(=O)=O. The lowest BCUT2D eigenvalue weighted by Gasteiger charge is -2.32. The largest absolute Gasteiger partial charge is 0.352 e. The highest BCUT2D eigenvalue weighted by molar-refractivity contribution is 7.90. The molecule has 0 spiro atoms. The third-order valence-corrected chi connectivity index (χ3v) is 9.07. The Hall–Kier alpha value is -3.69. The molecule has 0 saturated heterocycles. The summed E-state index contributed by atoms with van der Waals surface area (Å²) in [5.41, 5.74) is 1.71. The van der Waals surface area contributed by atoms with Crippen molar-refractivity contribution in [1.29, 1.82) is 0 Å². The fourth-order valence-electron chi connectivity index (χ4n) is 4.57. The van der Waals surface area contributed by atoms with Gasteiger partial charge in [-0.2, -0.15) is 0 Å². The molecule has 0 fully saturated rings. The predicted molar refractivity (Wildman–Crippen MR) is 153 cm³/mol. The van der Waals surface area contributed by atoms with Crippen molar-refractivity contribution in [2.24, 2.45) is 0 Å². The number of hydrogen-bond donors (Lipinski definition) is 1. The average Bonchev–Trinajstić information content (AvgIpc) is 3.15. The maximum atomic E-state index is 13.8. The summed E-state index contributed by atoms with van der Waals surface area (Å²) in [5.74, 6) is -1.42. The van der Waals surface area contributed by atoms with E-state index in [1.165, 1.54) is 17.0 Å². The Morgan fingerprint density at radius 2 is 1.60 bits per heavy atom. The summed E-state index contributed by atoms with van der Waals surface area (Å²) in [6.07, 6.45) is 0.688. The minimum Gasteiger partial charge on any atom is -0.352 e. The van der Waals surface area contributed by atoms with Crippen molar-refractivity contribution in [2.45, 2.75) is 56.6 Å². The van der Waals surface area contributed by atoms with Gasteiger partial charge in [-0.25, -0.2) is 12.7 Å². The van der Waals surface area contributed by atoms with Crippen LogP contribution < -0.4 is 5.32 Å². The quantitative estimate of drug-likeness (QED) is 0.361. The highest BCUT2D eigenvalue weighted by Crippen LogP contribution is 2.30. The first-order chi connectivity index (χ1) is 19.1. The van der Waals surface area contributed by atoms with Gasteiger partial charge in [0, 0.05) is 37.0 Å². The summed E-state index contributed by atoms with van der Waals surface area (Å²) >= 11 is 6.07. The summed E-state index contributed by atoms with van der Waals surface area (Å²) in [6.45, 7) is 3.61. The number of nitrogens with zero attached hydrogens (tertiary/aromatic N) is 2. The van der Waals surface area contributed by atoms with Crippen LogP contribution in [0.15, 0.2) is 83.8 Å². The lowest BCUT2D eigenvalue weighted by atomic mass is 10.0. The monoisotopic (exact) mass is 581 g/mol. The van der Waals surface area contributed by atoms with E-state index in [1.807, 2.05) is 44.2 Å². The van der Waals surface area contributed by atoms with E-state index in [2.05, 4.69) is 5.32 Å². The number of nitrogens with one attached hydrogen (secondary N) is 1. The molecule has 3 aromatic carbocycles. The van der Waals surface area contributed by atoms with E-state index in [9.17, 15) is 22.8 Å². The molecule has 0 aromatic heterocycles. The second-order valence-electron chi connectivity index (χ2n) is 9.80. The van der Waals surface area contributed by atoms with Gasteiger partial charge in [-0.05, 0) is 48.7 Å². The average molecular weight is 582 g/mol. The lowest BCUT2D eigenvalue weighted by molar-refractivity contribution is -0.141. The van der Waals surface area contributed by atoms with Gasteiger partial charge in [-0.15, -0.1) is 0 Å². The minimum atomic E-state index is -4.07. The molecule has 40 heavy (non-hydrogen) atoms. The first-order valence-corrected chi connectivity index (χ1v) is 15.0. The number of hydrogen-bond acceptors (Lipinski definition) is 5. The van der Waals surface area contributed by atoms with Gasteiger partial charge in [0.1, 0.15) is 10.9 Å². The second-order valence-corrected chi connectivity index (χ2v) is 12.1. The van der Waals surface area contributed by atoms with Gasteiger partial charge < -0.3 is 10.2 Å². The van der Waals surface area contributed by atoms with Gasteiger partial charge in [-0.1, -0.05) is 73.1 Å². The molecule has 0 radical (unpaired) electrons. The molecule has 2 atom stereocenters. The normalized spacial score (nSPS) is 15.3. The topological polar surface area (TPSA) is 104 Å². The van der Waals surface area contributed by atoms with Crippen molar-refractivity contribution in [3.05, 3.63) is 101 Å². The lowest BCUT2D eigenvalue weighted by Crippen LogP contribution is -2.52. The second kappa shape index (κ2) is 12.7. The zero-order valence-electron chi connectivity index (χ0n) is 22.4. The van der Waals surface area contributed by atoms with E-state index < -0.39 is 27.9 Å². The molecule has 1 heterocycles. The third kappa shape index (κ3) is 6.54. The number of sulfonamides is 1. The molecule has 0 unspecified atom stereocenters. The molecule has 1 aliphatic rings. The zero-order valence-corrected chi connectivity index (χ0v) is 24.0. The van der Waals surface area contributed by atoms with E-state index in [0.717, 1.165) is 15.4 Å². The number of amides is 3. The van der Waals surface area contributed by atoms with Crippen molar-refractivity contribution in [1.82, 2.24) is 14.5 Å². The van der Waals surface area contributed by atoms with Gasteiger partial charge in [0.05, 0.1) is 5.56 Å². The standard InChI is InChI=1S/C30H32ClN3O5S/c1-3-21(2)32-29(36)26(19-22-9-5-4-6-10-22)33(20-23-13-15-24(31)16-14-23)28(35)17-18-34-30(37)25-11-7-8-12-27(25)40(34,38)39/h4-16,21,26H,3,17-20H2,1-2H3,(H,32,36)/t21-,26-/m1/s1. The van der Waals surface area contributed by atoms with Gasteiger partial charge in [-0.3, -0.25) is 14.4 Å². The Kier molecular flexibility index (Phi) is 9.27. The highest BCUT2D eigenvalue weighted by atomic mass is 35.5. The Bertz CT molecular complexity index is 1480. The van der Waals surface area contributed by atoms with Crippen molar-refractivity contribution < 1.29 is 22.8 Å². The van der Waals surface area contributed by atoms with Crippen molar-refractivity contribution in [3.63, 3.8) is 0 Å². The molecule has 0 bridgehead atoms. The summed E-state index contributed by atoms with van der Waals surface area (Å²) in [4.78, 5) is 41.7. The van der Waals surface area contributed by atoms with Crippen LogP contribution >= 0.6 is 11.6 Å². The van der Waals surface area contributed by atoms with Gasteiger partial charge >= 0.3 is 0 Å². The van der Waals surface area contributed by atoms with Crippen LogP contribution in [-0.4, -0.2) is 54.0 Å². The summed E-state index contributed by atoms with van der Waals surface area (Å²) in [6, 6.07) is 21.4. The van der Waals surface area contributed by atoms with Crippen LogP contribution in [0.4, 0.5) is 0 Å². The van der Waals surface area contributed by atoms with E-state index in [0.29, 0.717) is 11.4 Å². The molecule has 4 rings (SSSR count). The molecule has 0 aliphatic carbocycles. The Morgan fingerprint density at radius 1 is 0.950 bits per heavy atom. The van der Waals surface area contributed by atoms with Crippen LogP contribution in [0.1, 0.15) is 48.2 Å². The van der Waals surface area contributed by atoms with E-state index in [4.69, 9.17) is 11.6 Å². The van der Waals surface area contributed by atoms with E-state index in [1.54, 1.807) is 36.4 Å².